The Morgan fingerprint density at radius 1 is 1.21 bits per heavy atom. The van der Waals surface area contributed by atoms with E-state index in [-0.39, 0.29) is 31.6 Å². The first-order chi connectivity index (χ1) is 12.8. The molecule has 2 saturated heterocycles. The third kappa shape index (κ3) is 4.10. The second-order valence-electron chi connectivity index (χ2n) is 8.36. The highest BCUT2D eigenvalue weighted by Gasteiger charge is 2.52. The Hall–Kier alpha value is -1.87. The summed E-state index contributed by atoms with van der Waals surface area (Å²) >= 11 is 0. The van der Waals surface area contributed by atoms with Gasteiger partial charge in [0.15, 0.2) is 0 Å². The van der Waals surface area contributed by atoms with E-state index in [1.165, 1.54) is 4.90 Å². The van der Waals surface area contributed by atoms with Gasteiger partial charge in [0.05, 0.1) is 36.5 Å². The molecule has 3 rings (SSSR count). The molecule has 1 aromatic rings. The number of nitrogens with zero attached hydrogens (tertiary/aromatic N) is 1. The molecule has 2 atom stereocenters. The highest BCUT2D eigenvalue weighted by atomic mass is 19.4. The number of amides is 1. The molecule has 2 unspecified atom stereocenters. The smallest absolute Gasteiger partial charge is 0.416 e. The minimum atomic E-state index is -4.82. The summed E-state index contributed by atoms with van der Waals surface area (Å²) < 4.78 is 64.6. The number of benzene rings is 1. The largest absolute Gasteiger partial charge is 0.444 e. The van der Waals surface area contributed by atoms with Crippen LogP contribution in [0, 0.1) is 5.82 Å². The molecular formula is C19H23F4NO4. The molecule has 1 amide bonds. The van der Waals surface area contributed by atoms with Crippen LogP contribution in [0.4, 0.5) is 22.4 Å². The van der Waals surface area contributed by atoms with Gasteiger partial charge >= 0.3 is 12.3 Å². The SMILES string of the molecule is CC(C)(C)OC(=O)N1C2COCC1CC(O)(c1ccc(F)cc1C(F)(F)F)C2. The van der Waals surface area contributed by atoms with E-state index in [1.807, 2.05) is 0 Å². The van der Waals surface area contributed by atoms with Crippen LogP contribution in [0.5, 0.6) is 0 Å². The van der Waals surface area contributed by atoms with Crippen molar-refractivity contribution in [3.8, 4) is 0 Å². The van der Waals surface area contributed by atoms with E-state index in [1.54, 1.807) is 20.8 Å². The molecule has 1 N–H and O–H groups in total. The predicted octanol–water partition coefficient (Wildman–Crippen LogP) is 3.83. The van der Waals surface area contributed by atoms with Gasteiger partial charge < -0.3 is 14.6 Å². The molecule has 0 saturated carbocycles. The summed E-state index contributed by atoms with van der Waals surface area (Å²) in [6.07, 6.45) is -5.75. The molecule has 2 bridgehead atoms. The van der Waals surface area contributed by atoms with Crippen molar-refractivity contribution in [2.75, 3.05) is 13.2 Å². The summed E-state index contributed by atoms with van der Waals surface area (Å²) in [5, 5.41) is 11.2. The van der Waals surface area contributed by atoms with Crippen molar-refractivity contribution in [3.63, 3.8) is 0 Å². The minimum Gasteiger partial charge on any atom is -0.444 e. The van der Waals surface area contributed by atoms with Crippen LogP contribution in [0.1, 0.15) is 44.7 Å². The fourth-order valence-electron chi connectivity index (χ4n) is 3.97. The minimum absolute atomic E-state index is 0.0700. The Kier molecular flexibility index (Phi) is 5.12. The van der Waals surface area contributed by atoms with Crippen molar-refractivity contribution >= 4 is 6.09 Å². The quantitative estimate of drug-likeness (QED) is 0.722. The number of hydrogen-bond donors (Lipinski definition) is 1. The lowest BCUT2D eigenvalue weighted by Gasteiger charge is -2.51. The number of fused-ring (bicyclic) bond motifs is 2. The third-order valence-corrected chi connectivity index (χ3v) is 4.95. The molecule has 1 aromatic carbocycles. The molecule has 0 aromatic heterocycles. The Morgan fingerprint density at radius 2 is 1.79 bits per heavy atom. The van der Waals surface area contributed by atoms with E-state index in [2.05, 4.69) is 0 Å². The van der Waals surface area contributed by atoms with Crippen molar-refractivity contribution < 1.29 is 36.9 Å². The maximum Gasteiger partial charge on any atom is 0.416 e. The van der Waals surface area contributed by atoms with Gasteiger partial charge in [-0.1, -0.05) is 6.07 Å². The van der Waals surface area contributed by atoms with E-state index in [0.29, 0.717) is 6.07 Å². The number of carbonyl (C=O) groups is 1. The molecular weight excluding hydrogens is 382 g/mol. The molecule has 28 heavy (non-hydrogen) atoms. The zero-order chi connectivity index (χ0) is 20.9. The number of morpholine rings is 1. The summed E-state index contributed by atoms with van der Waals surface area (Å²) in [4.78, 5) is 14.0. The zero-order valence-corrected chi connectivity index (χ0v) is 15.8. The van der Waals surface area contributed by atoms with Crippen LogP contribution in [-0.2, 0) is 21.3 Å². The molecule has 2 aliphatic heterocycles. The van der Waals surface area contributed by atoms with Gasteiger partial charge in [0.25, 0.3) is 0 Å². The molecule has 2 aliphatic rings. The van der Waals surface area contributed by atoms with Crippen LogP contribution in [-0.4, -0.2) is 47.0 Å². The number of aliphatic hydroxyl groups is 1. The lowest BCUT2D eigenvalue weighted by Crippen LogP contribution is -2.63. The van der Waals surface area contributed by atoms with Gasteiger partial charge in [0.2, 0.25) is 0 Å². The van der Waals surface area contributed by atoms with Crippen LogP contribution in [0.3, 0.4) is 0 Å². The number of ether oxygens (including phenoxy) is 2. The Labute approximate surface area is 160 Å². The summed E-state index contributed by atoms with van der Waals surface area (Å²) in [6, 6.07) is 0.948. The highest BCUT2D eigenvalue weighted by Crippen LogP contribution is 2.46. The molecule has 0 spiro atoms. The van der Waals surface area contributed by atoms with Crippen LogP contribution in [0.2, 0.25) is 0 Å². The maximum atomic E-state index is 13.5. The van der Waals surface area contributed by atoms with Gasteiger partial charge in [0.1, 0.15) is 11.4 Å². The normalized spacial score (nSPS) is 28.2. The number of rotatable bonds is 1. The number of alkyl halides is 3. The Balaban J connectivity index is 1.94. The summed E-state index contributed by atoms with van der Waals surface area (Å²) in [6.45, 7) is 5.28. The fourth-order valence-corrected chi connectivity index (χ4v) is 3.97. The van der Waals surface area contributed by atoms with E-state index in [9.17, 15) is 27.5 Å². The van der Waals surface area contributed by atoms with Crippen LogP contribution in [0.15, 0.2) is 18.2 Å². The van der Waals surface area contributed by atoms with Gasteiger partial charge in [-0.25, -0.2) is 9.18 Å². The maximum absolute atomic E-state index is 13.5. The van der Waals surface area contributed by atoms with Gasteiger partial charge in [-0.3, -0.25) is 4.90 Å². The standard InChI is InChI=1S/C19H23F4NO4/c1-17(2,3)28-16(25)24-12-7-18(26,8-13(24)10-27-9-12)14-5-4-11(20)6-15(14)19(21,22)23/h4-6,12-13,26H,7-10H2,1-3H3. The van der Waals surface area contributed by atoms with Crippen LogP contribution in [0.25, 0.3) is 0 Å². The first kappa shape index (κ1) is 20.9. The Morgan fingerprint density at radius 3 is 2.29 bits per heavy atom. The van der Waals surface area contributed by atoms with E-state index in [4.69, 9.17) is 9.47 Å². The van der Waals surface area contributed by atoms with Crippen molar-refractivity contribution in [1.29, 1.82) is 0 Å². The van der Waals surface area contributed by atoms with E-state index in [0.717, 1.165) is 12.1 Å². The molecule has 0 aliphatic carbocycles. The lowest BCUT2D eigenvalue weighted by molar-refractivity contribution is -0.155. The molecule has 5 nitrogen and oxygen atoms in total. The van der Waals surface area contributed by atoms with Crippen LogP contribution < -0.4 is 0 Å². The van der Waals surface area contributed by atoms with Crippen LogP contribution >= 0.6 is 0 Å². The summed E-state index contributed by atoms with van der Waals surface area (Å²) in [5.41, 5.74) is -4.20. The number of carbonyl (C=O) groups excluding carboxylic acids is 1. The lowest BCUT2D eigenvalue weighted by atomic mass is 9.75. The van der Waals surface area contributed by atoms with Crippen molar-refractivity contribution in [2.45, 2.75) is 63.1 Å². The highest BCUT2D eigenvalue weighted by molar-refractivity contribution is 5.69. The molecule has 2 fully saturated rings. The second-order valence-corrected chi connectivity index (χ2v) is 8.36. The second kappa shape index (κ2) is 6.88. The molecule has 9 heteroatoms. The third-order valence-electron chi connectivity index (χ3n) is 4.95. The topological polar surface area (TPSA) is 59.0 Å². The van der Waals surface area contributed by atoms with Gasteiger partial charge in [-0.15, -0.1) is 0 Å². The molecule has 0 radical (unpaired) electrons. The van der Waals surface area contributed by atoms with E-state index >= 15 is 0 Å². The van der Waals surface area contributed by atoms with Crippen molar-refractivity contribution in [2.24, 2.45) is 0 Å². The van der Waals surface area contributed by atoms with Gasteiger partial charge in [-0.05, 0) is 38.5 Å². The first-order valence-electron chi connectivity index (χ1n) is 8.99. The van der Waals surface area contributed by atoms with Crippen molar-refractivity contribution in [1.82, 2.24) is 4.90 Å². The molecule has 2 heterocycles. The number of hydrogen-bond acceptors (Lipinski definition) is 4. The Bertz CT molecular complexity index is 745. The fraction of sp³-hybridized carbons (Fsp3) is 0.632. The van der Waals surface area contributed by atoms with Gasteiger partial charge in [0, 0.05) is 12.8 Å². The predicted molar refractivity (Wildman–Crippen MR) is 91.0 cm³/mol. The van der Waals surface area contributed by atoms with Crippen molar-refractivity contribution in [3.05, 3.63) is 35.1 Å². The molecule has 156 valence electrons. The zero-order valence-electron chi connectivity index (χ0n) is 15.8. The summed E-state index contributed by atoms with van der Waals surface area (Å²) in [5.74, 6) is -1.03. The number of piperidine rings is 1. The number of halogens is 4. The van der Waals surface area contributed by atoms with E-state index < -0.39 is 46.9 Å². The van der Waals surface area contributed by atoms with Gasteiger partial charge in [-0.2, -0.15) is 13.2 Å². The first-order valence-corrected chi connectivity index (χ1v) is 8.99. The average molecular weight is 405 g/mol. The average Bonchev–Trinajstić information content (AvgIpc) is 2.51. The monoisotopic (exact) mass is 405 g/mol. The summed E-state index contributed by atoms with van der Waals surface area (Å²) in [7, 11) is 0.